The van der Waals surface area contributed by atoms with Crippen LogP contribution in [0.5, 0.6) is 0 Å². The van der Waals surface area contributed by atoms with Gasteiger partial charge in [0.25, 0.3) is 5.91 Å². The molecule has 0 fully saturated rings. The quantitative estimate of drug-likeness (QED) is 0.380. The van der Waals surface area contributed by atoms with E-state index in [-0.39, 0.29) is 0 Å². The molecule has 1 aromatic carbocycles. The van der Waals surface area contributed by atoms with Crippen LogP contribution in [0.3, 0.4) is 0 Å². The summed E-state index contributed by atoms with van der Waals surface area (Å²) in [5.41, 5.74) is 1.16. The van der Waals surface area contributed by atoms with Gasteiger partial charge >= 0.3 is 0 Å². The van der Waals surface area contributed by atoms with Crippen LogP contribution in [0, 0.1) is 262 Å². The average Bonchev–Trinajstić information content (AvgIpc) is 3.21. The Morgan fingerprint density at radius 3 is 0.818 bits per heavy atom. The number of carbonyl (C=O) groups excluding carboxylic acids is 1. The molecular weight excluding hydrogens is 669 g/mol. The lowest BCUT2D eigenvalue weighted by atomic mass is 10.2. The summed E-state index contributed by atoms with van der Waals surface area (Å²) in [7, 11) is 1.76. The summed E-state index contributed by atoms with van der Waals surface area (Å²) in [5.74, 6) is 97.8. The van der Waals surface area contributed by atoms with Gasteiger partial charge in [0.15, 0.2) is 0 Å². The minimum atomic E-state index is -0.491. The Kier molecular flexibility index (Phi) is 24.9. The van der Waals surface area contributed by atoms with Gasteiger partial charge in [-0.15, -0.1) is 12.8 Å². The molecule has 0 radical (unpaired) electrons. The molecule has 3 nitrogen and oxygen atoms in total. The van der Waals surface area contributed by atoms with Crippen LogP contribution in [0.15, 0.2) is 24.3 Å². The SMILES string of the molecule is C#CC#CC#CC#CC#CC#CC#CC#CC#CC#CC#CN(C#CC#CC#CC#CC#CC#CC#CC#CC#CC#CC#C)C(=O)c1ccc(NC)cc1. The van der Waals surface area contributed by atoms with Gasteiger partial charge in [-0.05, 0) is 119 Å². The maximum Gasteiger partial charge on any atom is 0.277 e. The van der Waals surface area contributed by atoms with Crippen LogP contribution >= 0.6 is 0 Å². The van der Waals surface area contributed by atoms with Crippen molar-refractivity contribution in [2.75, 3.05) is 12.4 Å². The van der Waals surface area contributed by atoms with Crippen molar-refractivity contribution in [2.45, 2.75) is 0 Å². The molecule has 0 aromatic heterocycles. The molecule has 0 unspecified atom stereocenters. The summed E-state index contributed by atoms with van der Waals surface area (Å²) >= 11 is 0. The Balaban J connectivity index is 2.92. The first kappa shape index (κ1) is 41.8. The van der Waals surface area contributed by atoms with Crippen LogP contribution in [0.4, 0.5) is 5.69 Å². The Labute approximate surface area is 324 Å². The summed E-state index contributed by atoms with van der Waals surface area (Å²) in [4.78, 5) is 14.0. The van der Waals surface area contributed by atoms with Crippen LogP contribution in [-0.4, -0.2) is 17.9 Å². The third-order valence-electron chi connectivity index (χ3n) is 4.35. The number of nitrogens with one attached hydrogen (secondary N) is 1. The molecule has 3 heteroatoms. The maximum absolute atomic E-state index is 13.0. The monoisotopic (exact) mass is 678 g/mol. The van der Waals surface area contributed by atoms with Gasteiger partial charge < -0.3 is 5.32 Å². The molecule has 1 aromatic rings. The first-order chi connectivity index (χ1) is 27.2. The number of nitrogens with zero attached hydrogens (tertiary/aromatic N) is 1. The minimum Gasteiger partial charge on any atom is -0.388 e. The van der Waals surface area contributed by atoms with E-state index in [9.17, 15) is 4.79 Å². The molecule has 0 heterocycles. The maximum atomic E-state index is 13.0. The zero-order valence-electron chi connectivity index (χ0n) is 28.3. The van der Waals surface area contributed by atoms with Gasteiger partial charge in [0.05, 0.1) is 0 Å². The highest BCUT2D eigenvalue weighted by molar-refractivity contribution is 5.97. The second kappa shape index (κ2) is 32.7. The molecule has 0 aliphatic rings. The van der Waals surface area contributed by atoms with Gasteiger partial charge in [0.2, 0.25) is 0 Å². The second-order valence-corrected chi connectivity index (χ2v) is 7.73. The standard InChI is InChI=1S/C52H10N2O/c1-4-6-8-10-12-14-16-18-20-22-24-26-28-30-32-34-36-38-40-42-48-54(52(55)50-44-46-51(53-3)47-45-50)49-43-41-39-37-35-33-31-29-27-25-23-21-19-17-15-13-11-9-7-5-2/h1-2,44-47,53H,3H3. The first-order valence-corrected chi connectivity index (χ1v) is 14.3. The summed E-state index contributed by atoms with van der Waals surface area (Å²) < 4.78 is 0. The van der Waals surface area contributed by atoms with E-state index >= 15 is 0 Å². The fourth-order valence-electron chi connectivity index (χ4n) is 2.34. The summed E-state index contributed by atoms with van der Waals surface area (Å²) in [6.07, 6.45) is 9.91. The topological polar surface area (TPSA) is 32.3 Å². The minimum absolute atomic E-state index is 0.341. The van der Waals surface area contributed by atoms with Gasteiger partial charge in [-0.1, -0.05) is 0 Å². The van der Waals surface area contributed by atoms with E-state index in [1.54, 1.807) is 31.3 Å². The molecule has 0 aliphatic carbocycles. The Morgan fingerprint density at radius 1 is 0.382 bits per heavy atom. The van der Waals surface area contributed by atoms with Crippen LogP contribution in [-0.2, 0) is 0 Å². The first-order valence-electron chi connectivity index (χ1n) is 14.3. The highest BCUT2D eigenvalue weighted by atomic mass is 16.2. The fraction of sp³-hybridized carbons (Fsp3) is 0.0192. The van der Waals surface area contributed by atoms with Crippen molar-refractivity contribution < 1.29 is 4.79 Å². The number of amides is 1. The smallest absolute Gasteiger partial charge is 0.277 e. The van der Waals surface area contributed by atoms with Gasteiger partial charge in [0.1, 0.15) is 0 Å². The van der Waals surface area contributed by atoms with Crippen molar-refractivity contribution >= 4 is 11.6 Å². The molecule has 1 rings (SSSR count). The van der Waals surface area contributed by atoms with Crippen molar-refractivity contribution in [1.29, 1.82) is 0 Å². The summed E-state index contributed by atoms with van der Waals surface area (Å²) in [6, 6.07) is 11.9. The van der Waals surface area contributed by atoms with Crippen LogP contribution in [0.1, 0.15) is 10.4 Å². The number of anilines is 1. The average molecular weight is 679 g/mol. The third-order valence-corrected chi connectivity index (χ3v) is 4.35. The van der Waals surface area contributed by atoms with Crippen molar-refractivity contribution in [2.24, 2.45) is 0 Å². The van der Waals surface area contributed by atoms with Crippen LogP contribution in [0.2, 0.25) is 0 Å². The molecule has 0 saturated heterocycles. The zero-order chi connectivity index (χ0) is 39.5. The summed E-state index contributed by atoms with van der Waals surface area (Å²) in [5, 5.41) is 2.98. The molecule has 0 aliphatic heterocycles. The molecule has 1 amide bonds. The molecule has 1 N–H and O–H groups in total. The molecule has 0 bridgehead atoms. The Hall–Kier alpha value is -11.2. The van der Waals surface area contributed by atoms with Gasteiger partial charge in [0, 0.05) is 172 Å². The molecule has 234 valence electrons. The number of benzene rings is 1. The zero-order valence-corrected chi connectivity index (χ0v) is 28.3. The van der Waals surface area contributed by atoms with Crippen molar-refractivity contribution in [1.82, 2.24) is 4.90 Å². The van der Waals surface area contributed by atoms with Crippen molar-refractivity contribution in [3.8, 4) is 262 Å². The van der Waals surface area contributed by atoms with E-state index in [1.165, 1.54) is 0 Å². The van der Waals surface area contributed by atoms with E-state index in [0.717, 1.165) is 10.6 Å². The normalized spacial score (nSPS) is 5.22. The van der Waals surface area contributed by atoms with Crippen molar-refractivity contribution in [3.05, 3.63) is 29.8 Å². The van der Waals surface area contributed by atoms with E-state index < -0.39 is 5.91 Å². The molecule has 55 heavy (non-hydrogen) atoms. The number of carbonyl (C=O) groups is 1. The predicted octanol–water partition coefficient (Wildman–Crippen LogP) is 1.42. The van der Waals surface area contributed by atoms with Gasteiger partial charge in [-0.25, -0.2) is 0 Å². The predicted molar refractivity (Wildman–Crippen MR) is 215 cm³/mol. The van der Waals surface area contributed by atoms with E-state index in [4.69, 9.17) is 12.8 Å². The van der Waals surface area contributed by atoms with Gasteiger partial charge in [-0.3, -0.25) is 4.79 Å². The van der Waals surface area contributed by atoms with E-state index in [1.807, 2.05) is 0 Å². The van der Waals surface area contributed by atoms with Crippen LogP contribution < -0.4 is 5.32 Å². The Bertz CT molecular complexity index is 2980. The number of hydrogen-bond donors (Lipinski definition) is 1. The number of terminal acetylenes is 2. The third kappa shape index (κ3) is 25.6. The molecular formula is C52H10N2O. The summed E-state index contributed by atoms with van der Waals surface area (Å²) in [6.45, 7) is 0. The highest BCUT2D eigenvalue weighted by Crippen LogP contribution is 2.10. The number of hydrogen-bond acceptors (Lipinski definition) is 2. The van der Waals surface area contributed by atoms with Crippen LogP contribution in [0.25, 0.3) is 0 Å². The second-order valence-electron chi connectivity index (χ2n) is 7.73. The lowest BCUT2D eigenvalue weighted by molar-refractivity contribution is 0.0887. The van der Waals surface area contributed by atoms with Crippen molar-refractivity contribution in [3.63, 3.8) is 0 Å². The van der Waals surface area contributed by atoms with E-state index in [0.29, 0.717) is 5.56 Å². The number of rotatable bonds is 2. The van der Waals surface area contributed by atoms with E-state index in [2.05, 4.69) is 254 Å². The fourth-order valence-corrected chi connectivity index (χ4v) is 2.34. The van der Waals surface area contributed by atoms with Gasteiger partial charge in [-0.2, -0.15) is 4.90 Å². The molecule has 0 saturated carbocycles. The largest absolute Gasteiger partial charge is 0.388 e. The highest BCUT2D eigenvalue weighted by Gasteiger charge is 2.12. The Morgan fingerprint density at radius 2 is 0.600 bits per heavy atom. The molecule has 0 atom stereocenters. The lowest BCUT2D eigenvalue weighted by Gasteiger charge is -2.07. The molecule has 0 spiro atoms. The lowest BCUT2D eigenvalue weighted by Crippen LogP contribution is -2.21.